The summed E-state index contributed by atoms with van der Waals surface area (Å²) in [4.78, 5) is 7.12. The maximum absolute atomic E-state index is 6.33. The Bertz CT molecular complexity index is 1120. The zero-order chi connectivity index (χ0) is 19.7. The quantitative estimate of drug-likeness (QED) is 0.485. The van der Waals surface area contributed by atoms with E-state index in [4.69, 9.17) is 28.2 Å². The first-order chi connectivity index (χ1) is 13.6. The molecule has 0 aliphatic carbocycles. The van der Waals surface area contributed by atoms with Gasteiger partial charge < -0.3 is 4.90 Å². The van der Waals surface area contributed by atoms with Gasteiger partial charge in [0.25, 0.3) is 0 Å². The molecule has 0 saturated heterocycles. The topological polar surface area (TPSA) is 70.6 Å². The zero-order valence-electron chi connectivity index (χ0n) is 15.4. The molecule has 2 aromatic carbocycles. The van der Waals surface area contributed by atoms with Crippen LogP contribution in [-0.4, -0.2) is 38.7 Å². The van der Waals surface area contributed by atoms with E-state index in [1.165, 1.54) is 0 Å². The number of nitrogens with zero attached hydrogens (tertiary/aromatic N) is 5. The number of aromatic nitrogens is 5. The number of H-pyrrole nitrogens is 1. The molecule has 0 unspecified atom stereocenters. The summed E-state index contributed by atoms with van der Waals surface area (Å²) in [6, 6.07) is 13.4. The van der Waals surface area contributed by atoms with Gasteiger partial charge in [0.1, 0.15) is 5.82 Å². The Balaban J connectivity index is 2.19. The lowest BCUT2D eigenvalue weighted by Crippen LogP contribution is -2.24. The van der Waals surface area contributed by atoms with Crippen molar-refractivity contribution in [3.8, 4) is 22.5 Å². The number of anilines is 1. The molecule has 0 spiro atoms. The minimum absolute atomic E-state index is 0.547. The van der Waals surface area contributed by atoms with E-state index in [1.54, 1.807) is 0 Å². The van der Waals surface area contributed by atoms with E-state index in [2.05, 4.69) is 39.4 Å². The highest BCUT2D eigenvalue weighted by molar-refractivity contribution is 6.32. The molecule has 8 heteroatoms. The number of pyridine rings is 1. The van der Waals surface area contributed by atoms with E-state index in [1.807, 2.05) is 42.5 Å². The van der Waals surface area contributed by atoms with E-state index in [0.29, 0.717) is 15.9 Å². The Hall–Kier alpha value is -2.70. The van der Waals surface area contributed by atoms with Gasteiger partial charge in [-0.1, -0.05) is 35.3 Å². The Morgan fingerprint density at radius 1 is 0.964 bits per heavy atom. The van der Waals surface area contributed by atoms with Crippen molar-refractivity contribution in [2.45, 2.75) is 13.8 Å². The molecule has 0 aliphatic rings. The highest BCUT2D eigenvalue weighted by Gasteiger charge is 2.23. The maximum Gasteiger partial charge on any atom is 0.183 e. The summed E-state index contributed by atoms with van der Waals surface area (Å²) >= 11 is 12.6. The molecule has 1 N–H and O–H groups in total. The molecule has 2 heterocycles. The van der Waals surface area contributed by atoms with Crippen LogP contribution in [0.15, 0.2) is 42.5 Å². The second-order valence-electron chi connectivity index (χ2n) is 6.28. The molecule has 0 atom stereocenters. The monoisotopic (exact) mass is 412 g/mol. The summed E-state index contributed by atoms with van der Waals surface area (Å²) in [5.41, 5.74) is 3.56. The van der Waals surface area contributed by atoms with Gasteiger partial charge in [0.05, 0.1) is 11.1 Å². The second kappa shape index (κ2) is 7.73. The van der Waals surface area contributed by atoms with Crippen LogP contribution in [0.4, 0.5) is 5.82 Å². The van der Waals surface area contributed by atoms with E-state index < -0.39 is 0 Å². The fourth-order valence-electron chi connectivity index (χ4n) is 3.41. The van der Waals surface area contributed by atoms with Crippen molar-refractivity contribution < 1.29 is 0 Å². The Morgan fingerprint density at radius 3 is 2.43 bits per heavy atom. The largest absolute Gasteiger partial charge is 0.357 e. The zero-order valence-corrected chi connectivity index (χ0v) is 17.0. The third kappa shape index (κ3) is 3.30. The smallest absolute Gasteiger partial charge is 0.183 e. The van der Waals surface area contributed by atoms with Crippen molar-refractivity contribution in [3.05, 3.63) is 52.5 Å². The summed E-state index contributed by atoms with van der Waals surface area (Å²) in [6.45, 7) is 5.79. The fraction of sp³-hybridized carbons (Fsp3) is 0.200. The van der Waals surface area contributed by atoms with Crippen LogP contribution in [0.3, 0.4) is 0 Å². The van der Waals surface area contributed by atoms with Crippen LogP contribution in [0.5, 0.6) is 0 Å². The molecule has 0 radical (unpaired) electrons. The van der Waals surface area contributed by atoms with Crippen molar-refractivity contribution in [3.63, 3.8) is 0 Å². The molecule has 2 aromatic heterocycles. The van der Waals surface area contributed by atoms with Crippen LogP contribution >= 0.6 is 23.2 Å². The standard InChI is InChI=1S/C20H18Cl2N6/c1-3-28(4-2)20-18(19-24-26-27-25-19)17(12-6-5-7-13(21)10-12)15-11-14(22)8-9-16(15)23-20/h5-11H,3-4H2,1-2H3,(H,24,25,26,27). The number of benzene rings is 2. The fourth-order valence-corrected chi connectivity index (χ4v) is 3.77. The molecule has 142 valence electrons. The Labute approximate surface area is 172 Å². The van der Waals surface area contributed by atoms with E-state index in [9.17, 15) is 0 Å². The highest BCUT2D eigenvalue weighted by Crippen LogP contribution is 2.42. The molecule has 0 aliphatic heterocycles. The molecule has 0 fully saturated rings. The van der Waals surface area contributed by atoms with Gasteiger partial charge in [0.15, 0.2) is 5.82 Å². The van der Waals surface area contributed by atoms with Gasteiger partial charge in [-0.05, 0) is 60.2 Å². The molecule has 0 bridgehead atoms. The number of rotatable bonds is 5. The SMILES string of the molecule is CCN(CC)c1nc2ccc(Cl)cc2c(-c2cccc(Cl)c2)c1-c1nnn[nH]1. The van der Waals surface area contributed by atoms with Crippen LogP contribution in [-0.2, 0) is 0 Å². The van der Waals surface area contributed by atoms with Crippen LogP contribution in [0, 0.1) is 0 Å². The Morgan fingerprint density at radius 2 is 1.75 bits per heavy atom. The third-order valence-corrected chi connectivity index (χ3v) is 5.16. The van der Waals surface area contributed by atoms with Crippen molar-refractivity contribution >= 4 is 39.9 Å². The average molecular weight is 413 g/mol. The molecular formula is C20H18Cl2N6. The number of nitrogens with one attached hydrogen (secondary N) is 1. The average Bonchev–Trinajstić information content (AvgIpc) is 3.22. The normalized spacial score (nSPS) is 11.1. The van der Waals surface area contributed by atoms with Gasteiger partial charge in [0, 0.05) is 34.1 Å². The minimum Gasteiger partial charge on any atom is -0.357 e. The minimum atomic E-state index is 0.547. The number of hydrogen-bond acceptors (Lipinski definition) is 5. The van der Waals surface area contributed by atoms with Crippen molar-refractivity contribution in [2.24, 2.45) is 0 Å². The van der Waals surface area contributed by atoms with Crippen molar-refractivity contribution in [2.75, 3.05) is 18.0 Å². The van der Waals surface area contributed by atoms with Crippen LogP contribution in [0.25, 0.3) is 33.4 Å². The van der Waals surface area contributed by atoms with E-state index in [0.717, 1.165) is 46.5 Å². The first kappa shape index (κ1) is 18.7. The van der Waals surface area contributed by atoms with Gasteiger partial charge in [-0.3, -0.25) is 0 Å². The van der Waals surface area contributed by atoms with E-state index >= 15 is 0 Å². The van der Waals surface area contributed by atoms with Gasteiger partial charge in [-0.25, -0.2) is 10.1 Å². The van der Waals surface area contributed by atoms with Gasteiger partial charge in [-0.2, -0.15) is 0 Å². The summed E-state index contributed by atoms with van der Waals surface area (Å²) in [6.07, 6.45) is 0. The summed E-state index contributed by atoms with van der Waals surface area (Å²) in [5, 5.41) is 16.8. The van der Waals surface area contributed by atoms with Gasteiger partial charge >= 0.3 is 0 Å². The molecule has 28 heavy (non-hydrogen) atoms. The summed E-state index contributed by atoms with van der Waals surface area (Å²) in [5.74, 6) is 1.36. The number of tetrazole rings is 1. The van der Waals surface area contributed by atoms with Crippen LogP contribution in [0.2, 0.25) is 10.0 Å². The van der Waals surface area contributed by atoms with Gasteiger partial charge in [-0.15, -0.1) is 5.10 Å². The van der Waals surface area contributed by atoms with Crippen LogP contribution < -0.4 is 4.90 Å². The number of hydrogen-bond donors (Lipinski definition) is 1. The van der Waals surface area contributed by atoms with Crippen LogP contribution in [0.1, 0.15) is 13.8 Å². The first-order valence-corrected chi connectivity index (χ1v) is 9.76. The second-order valence-corrected chi connectivity index (χ2v) is 7.15. The molecule has 6 nitrogen and oxygen atoms in total. The number of halogens is 2. The third-order valence-electron chi connectivity index (χ3n) is 4.69. The lowest BCUT2D eigenvalue weighted by Gasteiger charge is -2.25. The molecule has 4 aromatic rings. The predicted molar refractivity (Wildman–Crippen MR) is 114 cm³/mol. The van der Waals surface area contributed by atoms with Gasteiger partial charge in [0.2, 0.25) is 0 Å². The summed E-state index contributed by atoms with van der Waals surface area (Å²) in [7, 11) is 0. The predicted octanol–water partition coefficient (Wildman–Crippen LogP) is 5.23. The molecule has 0 amide bonds. The summed E-state index contributed by atoms with van der Waals surface area (Å²) < 4.78 is 0. The molecule has 0 saturated carbocycles. The maximum atomic E-state index is 6.33. The lowest BCUT2D eigenvalue weighted by molar-refractivity contribution is 0.850. The number of fused-ring (bicyclic) bond motifs is 1. The number of aromatic amines is 1. The van der Waals surface area contributed by atoms with Crippen molar-refractivity contribution in [1.29, 1.82) is 0 Å². The highest BCUT2D eigenvalue weighted by atomic mass is 35.5. The molecular weight excluding hydrogens is 395 g/mol. The Kier molecular flexibility index (Phi) is 5.15. The first-order valence-electron chi connectivity index (χ1n) is 9.00. The van der Waals surface area contributed by atoms with E-state index in [-0.39, 0.29) is 0 Å². The molecule has 4 rings (SSSR count). The van der Waals surface area contributed by atoms with Crippen molar-refractivity contribution in [1.82, 2.24) is 25.6 Å². The lowest BCUT2D eigenvalue weighted by atomic mass is 9.94.